The molecule has 2 rings (SSSR count). The normalized spacial score (nSPS) is 18.2. The van der Waals surface area contributed by atoms with E-state index in [1.807, 2.05) is 13.8 Å². The predicted molar refractivity (Wildman–Crippen MR) is 70.9 cm³/mol. The minimum Gasteiger partial charge on any atom is -0.481 e. The Morgan fingerprint density at radius 2 is 1.95 bits per heavy atom. The highest BCUT2D eigenvalue weighted by Gasteiger charge is 2.38. The first-order valence-corrected chi connectivity index (χ1v) is 6.52. The van der Waals surface area contributed by atoms with Crippen LogP contribution in [0.15, 0.2) is 24.3 Å². The lowest BCUT2D eigenvalue weighted by Crippen LogP contribution is -2.30. The fourth-order valence-corrected chi connectivity index (χ4v) is 2.02. The number of carbonyl (C=O) groups is 2. The van der Waals surface area contributed by atoms with Gasteiger partial charge in [-0.15, -0.1) is 0 Å². The number of amides is 1. The largest absolute Gasteiger partial charge is 0.481 e. The van der Waals surface area contributed by atoms with Gasteiger partial charge in [-0.3, -0.25) is 9.59 Å². The molecule has 116 valence electrons. The van der Waals surface area contributed by atoms with Crippen molar-refractivity contribution in [1.82, 2.24) is 0 Å². The molecule has 1 aliphatic rings. The van der Waals surface area contributed by atoms with Crippen molar-refractivity contribution in [1.29, 1.82) is 0 Å². The molecule has 0 radical (unpaired) electrons. The lowest BCUT2D eigenvalue weighted by atomic mass is 10.1. The number of rotatable bonds is 2. The highest BCUT2D eigenvalue weighted by atomic mass is 19.4. The van der Waals surface area contributed by atoms with Crippen LogP contribution in [0.5, 0.6) is 0 Å². The fourth-order valence-electron chi connectivity index (χ4n) is 2.02. The topological polar surface area (TPSA) is 57.6 Å². The van der Waals surface area contributed by atoms with Crippen LogP contribution < -0.4 is 4.90 Å². The predicted octanol–water partition coefficient (Wildman–Crippen LogP) is 3.17. The first kappa shape index (κ1) is 17.0. The Bertz CT molecular complexity index is 528. The minimum absolute atomic E-state index is 0.0728. The van der Waals surface area contributed by atoms with Crippen molar-refractivity contribution < 1.29 is 27.9 Å². The zero-order valence-corrected chi connectivity index (χ0v) is 11.6. The maximum atomic E-state index is 12.6. The van der Waals surface area contributed by atoms with Crippen molar-refractivity contribution in [2.45, 2.75) is 26.4 Å². The summed E-state index contributed by atoms with van der Waals surface area (Å²) in [5.41, 5.74) is -0.792. The van der Waals surface area contributed by atoms with Crippen molar-refractivity contribution >= 4 is 17.6 Å². The summed E-state index contributed by atoms with van der Waals surface area (Å²) in [5, 5.41) is 8.80. The molecule has 4 nitrogen and oxygen atoms in total. The molecule has 0 spiro atoms. The van der Waals surface area contributed by atoms with E-state index in [1.54, 1.807) is 0 Å². The van der Waals surface area contributed by atoms with E-state index in [0.29, 0.717) is 0 Å². The van der Waals surface area contributed by atoms with Gasteiger partial charge < -0.3 is 10.0 Å². The van der Waals surface area contributed by atoms with Gasteiger partial charge in [-0.25, -0.2) is 0 Å². The van der Waals surface area contributed by atoms with Crippen LogP contribution in [-0.4, -0.2) is 23.5 Å². The first-order chi connectivity index (χ1) is 9.80. The van der Waals surface area contributed by atoms with Gasteiger partial charge in [0, 0.05) is 12.2 Å². The molecular weight excluding hydrogens is 287 g/mol. The molecule has 0 saturated carbocycles. The van der Waals surface area contributed by atoms with Gasteiger partial charge in [0.05, 0.1) is 5.56 Å². The van der Waals surface area contributed by atoms with Crippen LogP contribution >= 0.6 is 0 Å². The molecule has 1 fully saturated rings. The lowest BCUT2D eigenvalue weighted by Gasteiger charge is -2.17. The smallest absolute Gasteiger partial charge is 0.416 e. The number of aliphatic carboxylic acids is 1. The Balaban J connectivity index is 0.00000106. The molecule has 0 aromatic heterocycles. The van der Waals surface area contributed by atoms with Crippen molar-refractivity contribution in [2.24, 2.45) is 5.92 Å². The SMILES string of the molecule is CC.O=C(O)C1CCN(c2cccc(C(F)(F)F)c2)C1=O. The third-order valence-electron chi connectivity index (χ3n) is 2.99. The molecule has 1 aliphatic heterocycles. The van der Waals surface area contributed by atoms with E-state index < -0.39 is 29.5 Å². The van der Waals surface area contributed by atoms with E-state index in [9.17, 15) is 22.8 Å². The molecule has 1 atom stereocenters. The number of carbonyl (C=O) groups excluding carboxylic acids is 1. The van der Waals surface area contributed by atoms with Crippen LogP contribution in [0, 0.1) is 5.92 Å². The Labute approximate surface area is 120 Å². The molecule has 0 aliphatic carbocycles. The van der Waals surface area contributed by atoms with Crippen molar-refractivity contribution in [3.05, 3.63) is 29.8 Å². The quantitative estimate of drug-likeness (QED) is 0.854. The molecule has 7 heteroatoms. The van der Waals surface area contributed by atoms with E-state index in [0.717, 1.165) is 17.0 Å². The zero-order chi connectivity index (χ0) is 16.2. The maximum Gasteiger partial charge on any atom is 0.416 e. The van der Waals surface area contributed by atoms with Gasteiger partial charge in [-0.1, -0.05) is 19.9 Å². The Morgan fingerprint density at radius 1 is 1.33 bits per heavy atom. The van der Waals surface area contributed by atoms with E-state index in [4.69, 9.17) is 5.11 Å². The summed E-state index contributed by atoms with van der Waals surface area (Å²) in [6.07, 6.45) is -4.39. The highest BCUT2D eigenvalue weighted by molar-refractivity contribution is 6.07. The van der Waals surface area contributed by atoms with Gasteiger partial charge in [-0.05, 0) is 24.6 Å². The molecule has 1 aromatic rings. The summed E-state index contributed by atoms with van der Waals surface area (Å²) in [6.45, 7) is 4.11. The van der Waals surface area contributed by atoms with Gasteiger partial charge in [0.25, 0.3) is 0 Å². The number of anilines is 1. The maximum absolute atomic E-state index is 12.6. The number of nitrogens with zero attached hydrogens (tertiary/aromatic N) is 1. The molecular formula is C14H16F3NO3. The van der Waals surface area contributed by atoms with Crippen LogP contribution in [0.2, 0.25) is 0 Å². The molecule has 1 aromatic carbocycles. The summed E-state index contributed by atoms with van der Waals surface area (Å²) >= 11 is 0. The second-order valence-electron chi connectivity index (χ2n) is 4.22. The summed E-state index contributed by atoms with van der Waals surface area (Å²) in [4.78, 5) is 23.6. The summed E-state index contributed by atoms with van der Waals surface area (Å²) in [7, 11) is 0. The Kier molecular flexibility index (Phi) is 5.34. The third-order valence-corrected chi connectivity index (χ3v) is 2.99. The molecule has 1 heterocycles. The Morgan fingerprint density at radius 3 is 2.43 bits per heavy atom. The molecule has 21 heavy (non-hydrogen) atoms. The molecule has 1 N–H and O–H groups in total. The van der Waals surface area contributed by atoms with Gasteiger partial charge >= 0.3 is 12.1 Å². The van der Waals surface area contributed by atoms with E-state index >= 15 is 0 Å². The van der Waals surface area contributed by atoms with Gasteiger partial charge in [0.1, 0.15) is 5.92 Å². The van der Waals surface area contributed by atoms with Crippen LogP contribution in [0.3, 0.4) is 0 Å². The number of benzene rings is 1. The summed E-state index contributed by atoms with van der Waals surface area (Å²) in [5.74, 6) is -3.10. The number of hydrogen-bond acceptors (Lipinski definition) is 2. The van der Waals surface area contributed by atoms with Crippen LogP contribution in [0.1, 0.15) is 25.8 Å². The second kappa shape index (κ2) is 6.60. The molecule has 1 amide bonds. The van der Waals surface area contributed by atoms with E-state index in [-0.39, 0.29) is 18.7 Å². The van der Waals surface area contributed by atoms with E-state index in [1.165, 1.54) is 12.1 Å². The summed E-state index contributed by atoms with van der Waals surface area (Å²) in [6, 6.07) is 4.30. The average molecular weight is 303 g/mol. The minimum atomic E-state index is -4.50. The highest BCUT2D eigenvalue weighted by Crippen LogP contribution is 2.33. The summed E-state index contributed by atoms with van der Waals surface area (Å²) < 4.78 is 37.7. The zero-order valence-electron chi connectivity index (χ0n) is 11.6. The monoisotopic (exact) mass is 303 g/mol. The Hall–Kier alpha value is -2.05. The van der Waals surface area contributed by atoms with Gasteiger partial charge in [-0.2, -0.15) is 13.2 Å². The first-order valence-electron chi connectivity index (χ1n) is 6.52. The third kappa shape index (κ3) is 3.74. The van der Waals surface area contributed by atoms with Gasteiger partial charge in [0.2, 0.25) is 5.91 Å². The second-order valence-corrected chi connectivity index (χ2v) is 4.22. The van der Waals surface area contributed by atoms with Crippen LogP contribution in [0.4, 0.5) is 18.9 Å². The van der Waals surface area contributed by atoms with Crippen molar-refractivity contribution in [3.8, 4) is 0 Å². The number of carboxylic acid groups (broad SMARTS) is 1. The van der Waals surface area contributed by atoms with E-state index in [2.05, 4.69) is 0 Å². The molecule has 0 bridgehead atoms. The number of carboxylic acids is 1. The average Bonchev–Trinajstić information content (AvgIpc) is 2.82. The van der Waals surface area contributed by atoms with Crippen LogP contribution in [-0.2, 0) is 15.8 Å². The lowest BCUT2D eigenvalue weighted by molar-refractivity contribution is -0.145. The molecule has 1 unspecified atom stereocenters. The number of hydrogen-bond donors (Lipinski definition) is 1. The molecule has 1 saturated heterocycles. The fraction of sp³-hybridized carbons (Fsp3) is 0.429. The van der Waals surface area contributed by atoms with Gasteiger partial charge in [0.15, 0.2) is 0 Å². The number of alkyl halides is 3. The van der Waals surface area contributed by atoms with Crippen molar-refractivity contribution in [2.75, 3.05) is 11.4 Å². The van der Waals surface area contributed by atoms with Crippen molar-refractivity contribution in [3.63, 3.8) is 0 Å². The standard InChI is InChI=1S/C12H10F3NO3.C2H6/c13-12(14,15)7-2-1-3-8(6-7)16-5-4-9(10(16)17)11(18)19;1-2/h1-3,6,9H,4-5H2,(H,18,19);1-2H3. The number of halogens is 3. The van der Waals surface area contributed by atoms with Crippen LogP contribution in [0.25, 0.3) is 0 Å².